The Labute approximate surface area is 195 Å². The fourth-order valence-electron chi connectivity index (χ4n) is 3.87. The maximum atomic E-state index is 12.8. The zero-order valence-electron chi connectivity index (χ0n) is 18.4. The summed E-state index contributed by atoms with van der Waals surface area (Å²) in [6.07, 6.45) is 5.09. The Balaban J connectivity index is 1.50. The number of esters is 1. The molecule has 1 amide bonds. The van der Waals surface area contributed by atoms with Gasteiger partial charge in [-0.05, 0) is 57.2 Å². The molecule has 0 aliphatic heterocycles. The van der Waals surface area contributed by atoms with Crippen LogP contribution in [0.2, 0.25) is 0 Å². The van der Waals surface area contributed by atoms with Gasteiger partial charge in [0.15, 0.2) is 5.16 Å². The van der Waals surface area contributed by atoms with E-state index in [1.165, 1.54) is 40.6 Å². The summed E-state index contributed by atoms with van der Waals surface area (Å²) in [6.45, 7) is 3.92. The van der Waals surface area contributed by atoms with Gasteiger partial charge >= 0.3 is 5.97 Å². The molecular formula is C23H26N4O3S2. The summed E-state index contributed by atoms with van der Waals surface area (Å²) in [4.78, 5) is 26.5. The van der Waals surface area contributed by atoms with Crippen LogP contribution in [0.1, 0.15) is 51.4 Å². The third-order valence-corrected chi connectivity index (χ3v) is 7.62. The number of aryl methyl sites for hydroxylation is 3. The van der Waals surface area contributed by atoms with Crippen molar-refractivity contribution in [3.05, 3.63) is 51.7 Å². The molecule has 0 atom stereocenters. The third-order valence-electron chi connectivity index (χ3n) is 5.48. The topological polar surface area (TPSA) is 86.1 Å². The molecule has 1 N–H and O–H groups in total. The molecule has 4 rings (SSSR count). The number of aromatic nitrogens is 3. The van der Waals surface area contributed by atoms with Crippen molar-refractivity contribution in [3.63, 3.8) is 0 Å². The second kappa shape index (κ2) is 9.87. The molecule has 0 fully saturated rings. The van der Waals surface area contributed by atoms with E-state index in [2.05, 4.69) is 15.5 Å². The molecule has 9 heteroatoms. The lowest BCUT2D eigenvalue weighted by Crippen LogP contribution is -2.16. The highest BCUT2D eigenvalue weighted by atomic mass is 32.2. The molecule has 2 aromatic heterocycles. The molecule has 32 heavy (non-hydrogen) atoms. The standard InChI is InChI=1S/C23H26N4O3S2/c1-14-9-11-16(12-10-14)27-15(2)25-26-23(27)31-13-19(28)24-21-20(22(29)30-3)17-7-5-4-6-8-18(17)32-21/h9-12H,4-8,13H2,1-3H3,(H,24,28). The molecule has 2 heterocycles. The molecule has 1 aromatic carbocycles. The SMILES string of the molecule is COC(=O)c1c(NC(=O)CSc2nnc(C)n2-c2ccc(C)cc2)sc2c1CCCCC2. The quantitative estimate of drug-likeness (QED) is 0.318. The van der Waals surface area contributed by atoms with E-state index in [0.717, 1.165) is 49.2 Å². The Morgan fingerprint density at radius 3 is 2.62 bits per heavy atom. The predicted molar refractivity (Wildman–Crippen MR) is 127 cm³/mol. The number of thioether (sulfide) groups is 1. The first-order valence-electron chi connectivity index (χ1n) is 10.6. The summed E-state index contributed by atoms with van der Waals surface area (Å²) in [6, 6.07) is 8.09. The molecule has 0 spiro atoms. The number of anilines is 1. The highest BCUT2D eigenvalue weighted by Gasteiger charge is 2.26. The van der Waals surface area contributed by atoms with Gasteiger partial charge in [0.25, 0.3) is 0 Å². The van der Waals surface area contributed by atoms with Crippen molar-refractivity contribution in [3.8, 4) is 5.69 Å². The molecule has 3 aromatic rings. The first-order chi connectivity index (χ1) is 15.5. The van der Waals surface area contributed by atoms with Crippen molar-refractivity contribution in [1.29, 1.82) is 0 Å². The lowest BCUT2D eigenvalue weighted by molar-refractivity contribution is -0.113. The third kappa shape index (κ3) is 4.73. The lowest BCUT2D eigenvalue weighted by atomic mass is 10.1. The molecule has 1 aliphatic rings. The summed E-state index contributed by atoms with van der Waals surface area (Å²) in [5.41, 5.74) is 3.68. The number of methoxy groups -OCH3 is 1. The second-order valence-electron chi connectivity index (χ2n) is 7.80. The van der Waals surface area contributed by atoms with Crippen molar-refractivity contribution in [2.45, 2.75) is 51.1 Å². The van der Waals surface area contributed by atoms with E-state index in [1.807, 2.05) is 42.7 Å². The van der Waals surface area contributed by atoms with Crippen LogP contribution in [0.15, 0.2) is 29.4 Å². The van der Waals surface area contributed by atoms with Crippen LogP contribution in [0.3, 0.4) is 0 Å². The molecule has 0 radical (unpaired) electrons. The van der Waals surface area contributed by atoms with Crippen molar-refractivity contribution < 1.29 is 14.3 Å². The smallest absolute Gasteiger partial charge is 0.341 e. The van der Waals surface area contributed by atoms with Gasteiger partial charge in [-0.2, -0.15) is 0 Å². The zero-order valence-corrected chi connectivity index (χ0v) is 20.1. The van der Waals surface area contributed by atoms with Gasteiger partial charge in [-0.1, -0.05) is 35.9 Å². The summed E-state index contributed by atoms with van der Waals surface area (Å²) in [5, 5.41) is 12.6. The average molecular weight is 471 g/mol. The van der Waals surface area contributed by atoms with Crippen molar-refractivity contribution >= 4 is 40.0 Å². The average Bonchev–Trinajstić information content (AvgIpc) is 3.23. The Morgan fingerprint density at radius 2 is 1.88 bits per heavy atom. The Bertz CT molecular complexity index is 1140. The van der Waals surface area contributed by atoms with E-state index in [1.54, 1.807) is 0 Å². The zero-order chi connectivity index (χ0) is 22.7. The molecule has 0 unspecified atom stereocenters. The van der Waals surface area contributed by atoms with Crippen LogP contribution in [-0.4, -0.2) is 39.5 Å². The van der Waals surface area contributed by atoms with Crippen LogP contribution in [0.4, 0.5) is 5.00 Å². The van der Waals surface area contributed by atoms with Gasteiger partial charge in [-0.15, -0.1) is 21.5 Å². The summed E-state index contributed by atoms with van der Waals surface area (Å²) in [5.74, 6) is 0.342. The van der Waals surface area contributed by atoms with Crippen LogP contribution < -0.4 is 5.32 Å². The number of benzene rings is 1. The molecular weight excluding hydrogens is 444 g/mol. The number of hydrogen-bond donors (Lipinski definition) is 1. The molecule has 0 saturated carbocycles. The molecule has 168 valence electrons. The van der Waals surface area contributed by atoms with E-state index < -0.39 is 0 Å². The van der Waals surface area contributed by atoms with Crippen LogP contribution in [-0.2, 0) is 22.4 Å². The Hall–Kier alpha value is -2.65. The highest BCUT2D eigenvalue weighted by molar-refractivity contribution is 7.99. The minimum absolute atomic E-state index is 0.160. The van der Waals surface area contributed by atoms with Gasteiger partial charge in [0.1, 0.15) is 10.8 Å². The number of carbonyl (C=O) groups excluding carboxylic acids is 2. The fourth-order valence-corrected chi connectivity index (χ4v) is 5.96. The van der Waals surface area contributed by atoms with Crippen LogP contribution in [0, 0.1) is 13.8 Å². The summed E-state index contributed by atoms with van der Waals surface area (Å²) in [7, 11) is 1.38. The normalized spacial score (nSPS) is 13.3. The Kier molecular flexibility index (Phi) is 6.95. The number of hydrogen-bond acceptors (Lipinski definition) is 7. The van der Waals surface area contributed by atoms with Crippen molar-refractivity contribution in [2.75, 3.05) is 18.2 Å². The minimum atomic E-state index is -0.387. The Morgan fingerprint density at radius 1 is 1.12 bits per heavy atom. The number of nitrogens with one attached hydrogen (secondary N) is 1. The summed E-state index contributed by atoms with van der Waals surface area (Å²) < 4.78 is 6.95. The number of rotatable bonds is 6. The number of fused-ring (bicyclic) bond motifs is 1. The molecule has 0 bridgehead atoms. The van der Waals surface area contributed by atoms with E-state index in [4.69, 9.17) is 4.74 Å². The van der Waals surface area contributed by atoms with Gasteiger partial charge < -0.3 is 10.1 Å². The number of amides is 1. The van der Waals surface area contributed by atoms with Gasteiger partial charge in [-0.25, -0.2) is 4.79 Å². The lowest BCUT2D eigenvalue weighted by Gasteiger charge is -2.09. The highest BCUT2D eigenvalue weighted by Crippen LogP contribution is 2.38. The monoisotopic (exact) mass is 470 g/mol. The maximum Gasteiger partial charge on any atom is 0.341 e. The van der Waals surface area contributed by atoms with Crippen LogP contribution in [0.5, 0.6) is 0 Å². The van der Waals surface area contributed by atoms with Gasteiger partial charge in [0.05, 0.1) is 18.4 Å². The fraction of sp³-hybridized carbons (Fsp3) is 0.391. The largest absolute Gasteiger partial charge is 0.465 e. The first-order valence-corrected chi connectivity index (χ1v) is 12.4. The number of nitrogens with zero attached hydrogens (tertiary/aromatic N) is 3. The van der Waals surface area contributed by atoms with Gasteiger partial charge in [-0.3, -0.25) is 9.36 Å². The molecule has 7 nitrogen and oxygen atoms in total. The van der Waals surface area contributed by atoms with Gasteiger partial charge in [0.2, 0.25) is 5.91 Å². The van der Waals surface area contributed by atoms with E-state index in [0.29, 0.717) is 15.7 Å². The van der Waals surface area contributed by atoms with Crippen molar-refractivity contribution in [2.24, 2.45) is 0 Å². The summed E-state index contributed by atoms with van der Waals surface area (Å²) >= 11 is 2.82. The van der Waals surface area contributed by atoms with E-state index >= 15 is 0 Å². The molecule has 1 aliphatic carbocycles. The maximum absolute atomic E-state index is 12.8. The van der Waals surface area contributed by atoms with Crippen molar-refractivity contribution in [1.82, 2.24) is 14.8 Å². The first kappa shape index (κ1) is 22.5. The number of thiophene rings is 1. The van der Waals surface area contributed by atoms with E-state index in [-0.39, 0.29) is 17.6 Å². The van der Waals surface area contributed by atoms with Gasteiger partial charge in [0, 0.05) is 10.6 Å². The number of ether oxygens (including phenoxy) is 1. The number of carbonyl (C=O) groups is 2. The van der Waals surface area contributed by atoms with Crippen LogP contribution in [0.25, 0.3) is 5.69 Å². The minimum Gasteiger partial charge on any atom is -0.465 e. The predicted octanol–water partition coefficient (Wildman–Crippen LogP) is 4.73. The van der Waals surface area contributed by atoms with Crippen LogP contribution >= 0.6 is 23.1 Å². The molecule has 0 saturated heterocycles. The van der Waals surface area contributed by atoms with E-state index in [9.17, 15) is 9.59 Å². The second-order valence-corrected chi connectivity index (χ2v) is 9.85.